The van der Waals surface area contributed by atoms with Gasteiger partial charge in [-0.25, -0.2) is 4.68 Å². The predicted molar refractivity (Wildman–Crippen MR) is 108 cm³/mol. The van der Waals surface area contributed by atoms with E-state index < -0.39 is 7.12 Å². The zero-order valence-corrected chi connectivity index (χ0v) is 15.4. The molecule has 2 aromatic heterocycles. The number of hydrogen-bond acceptors (Lipinski definition) is 8. The molecule has 29 heavy (non-hydrogen) atoms. The summed E-state index contributed by atoms with van der Waals surface area (Å²) in [5.41, 5.74) is 9.79. The summed E-state index contributed by atoms with van der Waals surface area (Å²) in [6.07, 6.45) is 4.82. The quantitative estimate of drug-likeness (QED) is 0.369. The highest BCUT2D eigenvalue weighted by Crippen LogP contribution is 2.30. The van der Waals surface area contributed by atoms with Gasteiger partial charge in [-0.2, -0.15) is 15.3 Å². The van der Waals surface area contributed by atoms with Crippen molar-refractivity contribution in [2.75, 3.05) is 12.8 Å². The second-order valence-electron chi connectivity index (χ2n) is 6.22. The molecule has 10 heteroatoms. The molecule has 0 spiro atoms. The van der Waals surface area contributed by atoms with Crippen molar-refractivity contribution in [3.05, 3.63) is 55.0 Å². The number of fused-ring (bicyclic) bond motifs is 1. The van der Waals surface area contributed by atoms with Crippen LogP contribution in [-0.4, -0.2) is 45.7 Å². The Balaban J connectivity index is 1.90. The number of methoxy groups -OCH3 is 1. The Kier molecular flexibility index (Phi) is 4.84. The zero-order chi connectivity index (χ0) is 20.4. The number of carbonyl (C=O) groups is 1. The van der Waals surface area contributed by atoms with Crippen LogP contribution in [0.5, 0.6) is 5.75 Å². The van der Waals surface area contributed by atoms with Crippen LogP contribution in [0.3, 0.4) is 0 Å². The summed E-state index contributed by atoms with van der Waals surface area (Å²) in [5.74, 6) is 0.599. The molecule has 0 saturated heterocycles. The zero-order valence-electron chi connectivity index (χ0n) is 15.4. The molecule has 0 amide bonds. The standard InChI is InChI=1S/C19H16BN5O4/c1-28-14-8-23-25(10-14)19-5-3-13(20(27)29-11-26)7-16(19)12-2-4-15-17(21)9-22-24-18(15)6-12/h2-11,27H,1H3,(H2,21,24). The maximum absolute atomic E-state index is 10.6. The number of ether oxygens (including phenoxy) is 1. The normalized spacial score (nSPS) is 10.7. The van der Waals surface area contributed by atoms with E-state index in [2.05, 4.69) is 20.0 Å². The number of rotatable bonds is 6. The van der Waals surface area contributed by atoms with E-state index in [9.17, 15) is 9.82 Å². The smallest absolute Gasteiger partial charge is 0.508 e. The molecule has 144 valence electrons. The van der Waals surface area contributed by atoms with E-state index in [1.54, 1.807) is 42.4 Å². The first-order valence-electron chi connectivity index (χ1n) is 8.62. The first-order valence-corrected chi connectivity index (χ1v) is 8.62. The van der Waals surface area contributed by atoms with Crippen molar-refractivity contribution in [3.63, 3.8) is 0 Å². The number of hydrogen-bond donors (Lipinski definition) is 2. The van der Waals surface area contributed by atoms with Gasteiger partial charge in [0, 0.05) is 10.9 Å². The van der Waals surface area contributed by atoms with Gasteiger partial charge in [-0.15, -0.1) is 0 Å². The number of anilines is 1. The van der Waals surface area contributed by atoms with Crippen LogP contribution < -0.4 is 15.9 Å². The van der Waals surface area contributed by atoms with Gasteiger partial charge in [-0.1, -0.05) is 18.2 Å². The molecule has 0 aliphatic rings. The minimum absolute atomic E-state index is 0.199. The summed E-state index contributed by atoms with van der Waals surface area (Å²) in [6, 6.07) is 10.7. The number of carbonyl (C=O) groups excluding carboxylic acids is 1. The van der Waals surface area contributed by atoms with Gasteiger partial charge in [-0.3, -0.25) is 4.79 Å². The Bertz CT molecular complexity index is 1200. The Labute approximate surface area is 165 Å². The van der Waals surface area contributed by atoms with Crippen LogP contribution in [0.1, 0.15) is 0 Å². The third kappa shape index (κ3) is 3.48. The molecular formula is C19H16BN5O4. The van der Waals surface area contributed by atoms with Crippen molar-refractivity contribution in [2.24, 2.45) is 0 Å². The fourth-order valence-corrected chi connectivity index (χ4v) is 3.06. The van der Waals surface area contributed by atoms with Crippen LogP contribution in [-0.2, 0) is 9.45 Å². The lowest BCUT2D eigenvalue weighted by Gasteiger charge is -2.13. The molecule has 0 saturated carbocycles. The highest BCUT2D eigenvalue weighted by atomic mass is 16.5. The molecule has 4 aromatic rings. The van der Waals surface area contributed by atoms with E-state index >= 15 is 0 Å². The lowest BCUT2D eigenvalue weighted by Crippen LogP contribution is -2.33. The van der Waals surface area contributed by atoms with Gasteiger partial charge in [0.15, 0.2) is 5.75 Å². The summed E-state index contributed by atoms with van der Waals surface area (Å²) in [6.45, 7) is 0.199. The second-order valence-corrected chi connectivity index (χ2v) is 6.22. The molecule has 9 nitrogen and oxygen atoms in total. The van der Waals surface area contributed by atoms with Crippen LogP contribution in [0, 0.1) is 0 Å². The molecule has 4 rings (SSSR count). The monoisotopic (exact) mass is 389 g/mol. The van der Waals surface area contributed by atoms with Crippen molar-refractivity contribution in [1.82, 2.24) is 20.0 Å². The predicted octanol–water partition coefficient (Wildman–Crippen LogP) is 0.934. The Hall–Kier alpha value is -3.92. The van der Waals surface area contributed by atoms with Gasteiger partial charge in [0.05, 0.1) is 42.6 Å². The Morgan fingerprint density at radius 2 is 2.07 bits per heavy atom. The Morgan fingerprint density at radius 3 is 2.83 bits per heavy atom. The third-order valence-electron chi connectivity index (χ3n) is 4.51. The number of nitrogens with two attached hydrogens (primary N) is 1. The summed E-state index contributed by atoms with van der Waals surface area (Å²) < 4.78 is 11.5. The topological polar surface area (TPSA) is 125 Å². The van der Waals surface area contributed by atoms with E-state index in [-0.39, 0.29) is 6.47 Å². The van der Waals surface area contributed by atoms with Crippen molar-refractivity contribution in [3.8, 4) is 22.6 Å². The fourth-order valence-electron chi connectivity index (χ4n) is 3.06. The maximum atomic E-state index is 10.6. The number of benzene rings is 2. The molecule has 0 atom stereocenters. The van der Waals surface area contributed by atoms with E-state index in [0.717, 1.165) is 22.2 Å². The summed E-state index contributed by atoms with van der Waals surface area (Å²) in [4.78, 5) is 10.6. The molecule has 0 aliphatic carbocycles. The van der Waals surface area contributed by atoms with Crippen molar-refractivity contribution in [1.29, 1.82) is 0 Å². The summed E-state index contributed by atoms with van der Waals surface area (Å²) in [5, 5.41) is 23.2. The van der Waals surface area contributed by atoms with Gasteiger partial charge in [0.1, 0.15) is 0 Å². The summed E-state index contributed by atoms with van der Waals surface area (Å²) in [7, 11) is 0.175. The van der Waals surface area contributed by atoms with Gasteiger partial charge >= 0.3 is 7.12 Å². The average molecular weight is 389 g/mol. The van der Waals surface area contributed by atoms with Crippen LogP contribution in [0.25, 0.3) is 27.7 Å². The van der Waals surface area contributed by atoms with E-state index in [4.69, 9.17) is 10.5 Å². The maximum Gasteiger partial charge on any atom is 0.561 e. The minimum Gasteiger partial charge on any atom is -0.508 e. The SMILES string of the molecule is COc1cnn(-c2ccc(B(O)OC=O)cc2-c2ccc3c(N)cnnc3c2)c1. The van der Waals surface area contributed by atoms with Crippen molar-refractivity contribution < 1.29 is 19.2 Å². The fraction of sp³-hybridized carbons (Fsp3) is 0.0526. The molecule has 0 aliphatic heterocycles. The average Bonchev–Trinajstić information content (AvgIpc) is 3.22. The van der Waals surface area contributed by atoms with Gasteiger partial charge in [0.2, 0.25) is 0 Å². The van der Waals surface area contributed by atoms with Crippen molar-refractivity contribution in [2.45, 2.75) is 0 Å². The molecule has 3 N–H and O–H groups in total. The van der Waals surface area contributed by atoms with E-state index in [0.29, 0.717) is 22.4 Å². The van der Waals surface area contributed by atoms with Gasteiger partial charge < -0.3 is 20.1 Å². The molecule has 2 aromatic carbocycles. The molecule has 0 bridgehead atoms. The highest BCUT2D eigenvalue weighted by Gasteiger charge is 2.21. The third-order valence-corrected chi connectivity index (χ3v) is 4.51. The van der Waals surface area contributed by atoms with E-state index in [1.807, 2.05) is 18.2 Å². The lowest BCUT2D eigenvalue weighted by molar-refractivity contribution is -0.121. The molecule has 0 radical (unpaired) electrons. The number of nitrogen functional groups attached to an aromatic ring is 1. The summed E-state index contributed by atoms with van der Waals surface area (Å²) >= 11 is 0. The Morgan fingerprint density at radius 1 is 1.21 bits per heavy atom. The van der Waals surface area contributed by atoms with Crippen LogP contribution >= 0.6 is 0 Å². The molecule has 2 heterocycles. The highest BCUT2D eigenvalue weighted by molar-refractivity contribution is 6.61. The van der Waals surface area contributed by atoms with Crippen LogP contribution in [0.4, 0.5) is 5.69 Å². The van der Waals surface area contributed by atoms with Crippen LogP contribution in [0.15, 0.2) is 55.0 Å². The minimum atomic E-state index is -1.39. The lowest BCUT2D eigenvalue weighted by atomic mass is 9.78. The van der Waals surface area contributed by atoms with Crippen molar-refractivity contribution >= 4 is 35.6 Å². The number of nitrogens with zero attached hydrogens (tertiary/aromatic N) is 4. The second kappa shape index (κ2) is 7.60. The molecule has 0 unspecified atom stereocenters. The van der Waals surface area contributed by atoms with Gasteiger partial charge in [0.25, 0.3) is 6.47 Å². The first kappa shape index (κ1) is 18.4. The van der Waals surface area contributed by atoms with Gasteiger partial charge in [-0.05, 0) is 29.2 Å². The largest absolute Gasteiger partial charge is 0.561 e. The first-order chi connectivity index (χ1) is 14.1. The molecule has 0 fully saturated rings. The molecular weight excluding hydrogens is 373 g/mol. The number of aromatic nitrogens is 4. The van der Waals surface area contributed by atoms with Crippen LogP contribution in [0.2, 0.25) is 0 Å². The van der Waals surface area contributed by atoms with E-state index in [1.165, 1.54) is 6.20 Å².